The maximum atomic E-state index is 5.75. The Morgan fingerprint density at radius 1 is 1.06 bits per heavy atom. The van der Waals surface area contributed by atoms with Crippen LogP contribution in [-0.2, 0) is 4.74 Å². The van der Waals surface area contributed by atoms with Crippen molar-refractivity contribution in [2.24, 2.45) is 0 Å². The van der Waals surface area contributed by atoms with Crippen LogP contribution in [0.15, 0.2) is 42.5 Å². The van der Waals surface area contributed by atoms with Gasteiger partial charge in [-0.3, -0.25) is 0 Å². The molecule has 0 bridgehead atoms. The molecule has 0 saturated carbocycles. The standard InChI is InChI=1S/C14H15NO.ClH/c1-2-4-12-9-13(6-5-11(12)3-1)14-10-15-7-8-16-14;/h1-6,9,14-15H,7-8,10H2;1H. The van der Waals surface area contributed by atoms with Crippen LogP contribution in [0.1, 0.15) is 11.7 Å². The van der Waals surface area contributed by atoms with Gasteiger partial charge in [-0.25, -0.2) is 0 Å². The first-order valence-corrected chi connectivity index (χ1v) is 5.74. The Morgan fingerprint density at radius 3 is 2.65 bits per heavy atom. The van der Waals surface area contributed by atoms with Gasteiger partial charge in [-0.1, -0.05) is 36.4 Å². The predicted molar refractivity (Wildman–Crippen MR) is 72.8 cm³/mol. The van der Waals surface area contributed by atoms with Crippen molar-refractivity contribution in [1.82, 2.24) is 5.32 Å². The van der Waals surface area contributed by atoms with E-state index in [2.05, 4.69) is 47.8 Å². The van der Waals surface area contributed by atoms with Crippen LogP contribution in [0.25, 0.3) is 10.8 Å². The van der Waals surface area contributed by atoms with Crippen molar-refractivity contribution in [2.75, 3.05) is 19.7 Å². The normalized spacial score (nSPS) is 19.9. The number of benzene rings is 2. The van der Waals surface area contributed by atoms with Crippen molar-refractivity contribution in [3.63, 3.8) is 0 Å². The van der Waals surface area contributed by atoms with E-state index in [1.54, 1.807) is 0 Å². The summed E-state index contributed by atoms with van der Waals surface area (Å²) in [5.74, 6) is 0. The molecule has 2 aromatic rings. The zero-order chi connectivity index (χ0) is 10.8. The van der Waals surface area contributed by atoms with Crippen LogP contribution in [-0.4, -0.2) is 19.7 Å². The van der Waals surface area contributed by atoms with Gasteiger partial charge in [-0.2, -0.15) is 0 Å². The monoisotopic (exact) mass is 249 g/mol. The van der Waals surface area contributed by atoms with Gasteiger partial charge in [-0.05, 0) is 22.4 Å². The van der Waals surface area contributed by atoms with Crippen molar-refractivity contribution >= 4 is 23.2 Å². The summed E-state index contributed by atoms with van der Waals surface area (Å²) in [6, 6.07) is 15.0. The molecule has 0 amide bonds. The third-order valence-electron chi connectivity index (χ3n) is 3.07. The molecule has 0 aromatic heterocycles. The minimum atomic E-state index is 0. The van der Waals surface area contributed by atoms with Crippen LogP contribution in [0, 0.1) is 0 Å². The molecule has 2 aromatic carbocycles. The molecule has 1 N–H and O–H groups in total. The van der Waals surface area contributed by atoms with Crippen molar-refractivity contribution in [3.05, 3.63) is 48.0 Å². The second kappa shape index (κ2) is 5.50. The van der Waals surface area contributed by atoms with Crippen LogP contribution in [0.4, 0.5) is 0 Å². The van der Waals surface area contributed by atoms with Gasteiger partial charge in [0, 0.05) is 13.1 Å². The van der Waals surface area contributed by atoms with E-state index in [1.807, 2.05) is 0 Å². The van der Waals surface area contributed by atoms with Crippen molar-refractivity contribution < 1.29 is 4.74 Å². The molecule has 1 atom stereocenters. The summed E-state index contributed by atoms with van der Waals surface area (Å²) in [5.41, 5.74) is 1.27. The lowest BCUT2D eigenvalue weighted by Crippen LogP contribution is -2.33. The van der Waals surface area contributed by atoms with Gasteiger partial charge in [-0.15, -0.1) is 12.4 Å². The number of hydrogen-bond acceptors (Lipinski definition) is 2. The molecule has 0 spiro atoms. The quantitative estimate of drug-likeness (QED) is 0.839. The average molecular weight is 250 g/mol. The summed E-state index contributed by atoms with van der Waals surface area (Å²) in [5, 5.41) is 5.93. The summed E-state index contributed by atoms with van der Waals surface area (Å²) in [6.07, 6.45) is 0.207. The van der Waals surface area contributed by atoms with Gasteiger partial charge in [0.25, 0.3) is 0 Å². The average Bonchev–Trinajstić information content (AvgIpc) is 2.39. The van der Waals surface area contributed by atoms with Gasteiger partial charge < -0.3 is 10.1 Å². The molecule has 1 aliphatic rings. The van der Waals surface area contributed by atoms with E-state index in [4.69, 9.17) is 4.74 Å². The van der Waals surface area contributed by atoms with Gasteiger partial charge in [0.15, 0.2) is 0 Å². The van der Waals surface area contributed by atoms with E-state index in [0.717, 1.165) is 19.7 Å². The predicted octanol–water partition coefficient (Wildman–Crippen LogP) is 2.92. The highest BCUT2D eigenvalue weighted by Gasteiger charge is 2.15. The lowest BCUT2D eigenvalue weighted by atomic mass is 10.0. The summed E-state index contributed by atoms with van der Waals surface area (Å²) in [7, 11) is 0. The number of morpholine rings is 1. The smallest absolute Gasteiger partial charge is 0.0950 e. The van der Waals surface area contributed by atoms with Crippen LogP contribution >= 0.6 is 12.4 Å². The number of fused-ring (bicyclic) bond motifs is 1. The topological polar surface area (TPSA) is 21.3 Å². The van der Waals surface area contributed by atoms with Crippen molar-refractivity contribution in [1.29, 1.82) is 0 Å². The molecule has 0 radical (unpaired) electrons. The molecular formula is C14H16ClNO. The Hall–Kier alpha value is -1.09. The Kier molecular flexibility index (Phi) is 4.00. The molecule has 1 heterocycles. The Morgan fingerprint density at radius 2 is 1.88 bits per heavy atom. The Bertz CT molecular complexity index is 494. The van der Waals surface area contributed by atoms with Crippen molar-refractivity contribution in [2.45, 2.75) is 6.10 Å². The molecule has 90 valence electrons. The number of halogens is 1. The number of ether oxygens (including phenoxy) is 1. The van der Waals surface area contributed by atoms with Crippen LogP contribution in [0.2, 0.25) is 0 Å². The zero-order valence-electron chi connectivity index (χ0n) is 9.56. The van der Waals surface area contributed by atoms with E-state index in [-0.39, 0.29) is 18.5 Å². The molecule has 1 saturated heterocycles. The van der Waals surface area contributed by atoms with Crippen LogP contribution in [0.3, 0.4) is 0 Å². The SMILES string of the molecule is Cl.c1ccc2cc(C3CNCCO3)ccc2c1. The fraction of sp³-hybridized carbons (Fsp3) is 0.286. The maximum Gasteiger partial charge on any atom is 0.0950 e. The molecule has 3 heteroatoms. The fourth-order valence-electron chi connectivity index (χ4n) is 2.19. The molecule has 1 fully saturated rings. The number of nitrogens with one attached hydrogen (secondary N) is 1. The Labute approximate surface area is 107 Å². The highest BCUT2D eigenvalue weighted by molar-refractivity contribution is 5.85. The second-order valence-corrected chi connectivity index (χ2v) is 4.17. The fourth-order valence-corrected chi connectivity index (χ4v) is 2.19. The van der Waals surface area contributed by atoms with Gasteiger partial charge >= 0.3 is 0 Å². The van der Waals surface area contributed by atoms with Crippen molar-refractivity contribution in [3.8, 4) is 0 Å². The molecule has 2 nitrogen and oxygen atoms in total. The summed E-state index contributed by atoms with van der Waals surface area (Å²) >= 11 is 0. The molecule has 17 heavy (non-hydrogen) atoms. The maximum absolute atomic E-state index is 5.75. The van der Waals surface area contributed by atoms with E-state index in [9.17, 15) is 0 Å². The lowest BCUT2D eigenvalue weighted by Gasteiger charge is -2.24. The Balaban J connectivity index is 0.00000108. The third-order valence-corrected chi connectivity index (χ3v) is 3.07. The minimum Gasteiger partial charge on any atom is -0.371 e. The molecular weight excluding hydrogens is 234 g/mol. The second-order valence-electron chi connectivity index (χ2n) is 4.17. The van der Waals surface area contributed by atoms with Crippen LogP contribution < -0.4 is 5.32 Å². The van der Waals surface area contributed by atoms with E-state index < -0.39 is 0 Å². The van der Waals surface area contributed by atoms with E-state index >= 15 is 0 Å². The molecule has 1 aliphatic heterocycles. The highest BCUT2D eigenvalue weighted by atomic mass is 35.5. The molecule has 0 aliphatic carbocycles. The van der Waals surface area contributed by atoms with E-state index in [0.29, 0.717) is 0 Å². The molecule has 3 rings (SSSR count). The number of hydrogen-bond donors (Lipinski definition) is 1. The largest absolute Gasteiger partial charge is 0.371 e. The van der Waals surface area contributed by atoms with Crippen LogP contribution in [0.5, 0.6) is 0 Å². The minimum absolute atomic E-state index is 0. The first kappa shape index (κ1) is 12.4. The first-order valence-electron chi connectivity index (χ1n) is 5.74. The third kappa shape index (κ3) is 2.60. The van der Waals surface area contributed by atoms with Gasteiger partial charge in [0.05, 0.1) is 12.7 Å². The summed E-state index contributed by atoms with van der Waals surface area (Å²) < 4.78 is 5.75. The number of rotatable bonds is 1. The summed E-state index contributed by atoms with van der Waals surface area (Å²) in [6.45, 7) is 2.68. The summed E-state index contributed by atoms with van der Waals surface area (Å²) in [4.78, 5) is 0. The van der Waals surface area contributed by atoms with E-state index in [1.165, 1.54) is 16.3 Å². The highest BCUT2D eigenvalue weighted by Crippen LogP contribution is 2.23. The lowest BCUT2D eigenvalue weighted by molar-refractivity contribution is 0.0278. The zero-order valence-corrected chi connectivity index (χ0v) is 10.4. The van der Waals surface area contributed by atoms with Gasteiger partial charge in [0.2, 0.25) is 0 Å². The van der Waals surface area contributed by atoms with Gasteiger partial charge in [0.1, 0.15) is 0 Å². The molecule has 1 unspecified atom stereocenters. The first-order chi connectivity index (χ1) is 7.93.